The summed E-state index contributed by atoms with van der Waals surface area (Å²) in [6.07, 6.45) is 4.63. The number of carbonyl (C=O) groups is 1. The van der Waals surface area contributed by atoms with Crippen molar-refractivity contribution in [1.82, 2.24) is 9.62 Å². The molecule has 1 atom stereocenters. The first kappa shape index (κ1) is 15.8. The van der Waals surface area contributed by atoms with Crippen molar-refractivity contribution < 1.29 is 22.4 Å². The Morgan fingerprint density at radius 2 is 2.35 bits per heavy atom. The second-order valence-electron chi connectivity index (χ2n) is 5.27. The third kappa shape index (κ3) is 3.30. The number of nitrogens with one attached hydrogen (secondary N) is 1. The molecule has 124 valence electrons. The van der Waals surface area contributed by atoms with E-state index in [-0.39, 0.29) is 23.3 Å². The molecule has 3 rings (SSSR count). The average Bonchev–Trinajstić information content (AvgIpc) is 3.20. The number of likely N-dealkylation sites (N-methyl/N-ethyl adjacent to an activating group) is 1. The summed E-state index contributed by atoms with van der Waals surface area (Å²) >= 11 is 0. The van der Waals surface area contributed by atoms with Crippen LogP contribution in [0, 0.1) is 0 Å². The van der Waals surface area contributed by atoms with E-state index in [0.29, 0.717) is 13.2 Å². The lowest BCUT2D eigenvalue weighted by molar-refractivity contribution is -0.118. The highest BCUT2D eigenvalue weighted by Crippen LogP contribution is 2.20. The van der Waals surface area contributed by atoms with E-state index >= 15 is 0 Å². The molecule has 1 amide bonds. The average molecular weight is 339 g/mol. The molecule has 0 aliphatic carbocycles. The van der Waals surface area contributed by atoms with Crippen molar-refractivity contribution in [3.63, 3.8) is 0 Å². The molecule has 1 unspecified atom stereocenters. The maximum atomic E-state index is 12.3. The maximum absolute atomic E-state index is 12.3. The van der Waals surface area contributed by atoms with Crippen LogP contribution in [0.5, 0.6) is 0 Å². The quantitative estimate of drug-likeness (QED) is 0.857. The second kappa shape index (κ2) is 6.17. The van der Waals surface area contributed by atoms with Gasteiger partial charge in [-0.1, -0.05) is 0 Å². The van der Waals surface area contributed by atoms with Gasteiger partial charge in [0.15, 0.2) is 5.76 Å². The van der Waals surface area contributed by atoms with Gasteiger partial charge in [-0.2, -0.15) is 8.42 Å². The molecule has 23 heavy (non-hydrogen) atoms. The third-order valence-electron chi connectivity index (χ3n) is 3.69. The fourth-order valence-corrected chi connectivity index (χ4v) is 3.31. The van der Waals surface area contributed by atoms with Gasteiger partial charge in [-0.25, -0.2) is 4.31 Å². The minimum atomic E-state index is -3.97. The molecule has 1 fully saturated rings. The zero-order chi connectivity index (χ0) is 16.4. The minimum absolute atomic E-state index is 0.00982. The van der Waals surface area contributed by atoms with Gasteiger partial charge in [-0.05, 0) is 31.1 Å². The first-order chi connectivity index (χ1) is 11.0. The Bertz CT molecular complexity index is 745. The van der Waals surface area contributed by atoms with Gasteiger partial charge in [0.25, 0.3) is 5.91 Å². The lowest BCUT2D eigenvalue weighted by Crippen LogP contribution is -2.40. The van der Waals surface area contributed by atoms with Crippen LogP contribution in [0.15, 0.2) is 39.0 Å². The van der Waals surface area contributed by atoms with Crippen LogP contribution in [0.4, 0.5) is 0 Å². The molecule has 1 saturated heterocycles. The molecule has 0 aromatic carbocycles. The molecule has 1 aromatic heterocycles. The highest BCUT2D eigenvalue weighted by Gasteiger charge is 2.31. The smallest absolute Gasteiger partial charge is 0.345 e. The number of allylic oxidation sites excluding steroid dienone is 1. The number of hydrogen-bond acceptors (Lipinski definition) is 5. The van der Waals surface area contributed by atoms with Gasteiger partial charge in [0.2, 0.25) is 0 Å². The van der Waals surface area contributed by atoms with E-state index in [0.717, 1.165) is 17.1 Å². The van der Waals surface area contributed by atoms with Crippen molar-refractivity contribution in [3.8, 4) is 0 Å². The van der Waals surface area contributed by atoms with Crippen molar-refractivity contribution in [3.05, 3.63) is 35.9 Å². The van der Waals surface area contributed by atoms with Crippen LogP contribution in [-0.4, -0.2) is 50.6 Å². The van der Waals surface area contributed by atoms with Crippen molar-refractivity contribution >= 4 is 21.8 Å². The van der Waals surface area contributed by atoms with Crippen molar-refractivity contribution in [2.24, 2.45) is 4.40 Å². The van der Waals surface area contributed by atoms with E-state index in [4.69, 9.17) is 9.15 Å². The van der Waals surface area contributed by atoms with E-state index in [2.05, 4.69) is 9.71 Å². The van der Waals surface area contributed by atoms with E-state index in [9.17, 15) is 13.2 Å². The monoisotopic (exact) mass is 339 g/mol. The topological polar surface area (TPSA) is 101 Å². The van der Waals surface area contributed by atoms with Crippen molar-refractivity contribution in [1.29, 1.82) is 0 Å². The van der Waals surface area contributed by atoms with Gasteiger partial charge < -0.3 is 14.5 Å². The minimum Gasteiger partial charge on any atom is -0.463 e. The predicted molar refractivity (Wildman–Crippen MR) is 82.0 cm³/mol. The molecule has 2 aliphatic rings. The zero-order valence-electron chi connectivity index (χ0n) is 12.6. The van der Waals surface area contributed by atoms with Gasteiger partial charge in [0.1, 0.15) is 11.4 Å². The first-order valence-corrected chi connectivity index (χ1v) is 8.61. The van der Waals surface area contributed by atoms with Crippen LogP contribution < -0.4 is 5.32 Å². The number of hydrogen-bond donors (Lipinski definition) is 1. The lowest BCUT2D eigenvalue weighted by atomic mass is 10.2. The Morgan fingerprint density at radius 3 is 3.00 bits per heavy atom. The summed E-state index contributed by atoms with van der Waals surface area (Å²) < 4.78 is 39.3. The summed E-state index contributed by atoms with van der Waals surface area (Å²) in [5.41, 5.74) is 0.0831. The molecule has 1 aromatic rings. The zero-order valence-corrected chi connectivity index (χ0v) is 13.4. The van der Waals surface area contributed by atoms with Crippen LogP contribution in [0.3, 0.4) is 0 Å². The van der Waals surface area contributed by atoms with Gasteiger partial charge in [-0.15, -0.1) is 4.40 Å². The number of rotatable bonds is 4. The Morgan fingerprint density at radius 1 is 1.52 bits per heavy atom. The van der Waals surface area contributed by atoms with Crippen molar-refractivity contribution in [2.45, 2.75) is 18.9 Å². The fraction of sp³-hybridized carbons (Fsp3) is 0.429. The summed E-state index contributed by atoms with van der Waals surface area (Å²) in [5.74, 6) is -0.211. The number of furan rings is 1. The van der Waals surface area contributed by atoms with Crippen molar-refractivity contribution in [2.75, 3.05) is 20.2 Å². The summed E-state index contributed by atoms with van der Waals surface area (Å²) in [7, 11) is -2.68. The van der Waals surface area contributed by atoms with Crippen LogP contribution in [0.25, 0.3) is 0 Å². The van der Waals surface area contributed by atoms with Crippen LogP contribution in [0.2, 0.25) is 0 Å². The molecule has 2 aliphatic heterocycles. The molecule has 1 N–H and O–H groups in total. The Kier molecular flexibility index (Phi) is 4.22. The lowest BCUT2D eigenvalue weighted by Gasteiger charge is -2.23. The second-order valence-corrected chi connectivity index (χ2v) is 6.90. The van der Waals surface area contributed by atoms with Crippen LogP contribution >= 0.6 is 0 Å². The van der Waals surface area contributed by atoms with Crippen LogP contribution in [0.1, 0.15) is 18.6 Å². The van der Waals surface area contributed by atoms with E-state index in [1.807, 2.05) is 0 Å². The highest BCUT2D eigenvalue weighted by molar-refractivity contribution is 7.88. The Labute approximate surface area is 134 Å². The van der Waals surface area contributed by atoms with Gasteiger partial charge in [-0.3, -0.25) is 4.79 Å². The molecule has 9 heteroatoms. The van der Waals surface area contributed by atoms with E-state index < -0.39 is 16.1 Å². The third-order valence-corrected chi connectivity index (χ3v) is 5.01. The predicted octanol–water partition coefficient (Wildman–Crippen LogP) is 0.438. The Balaban J connectivity index is 1.81. The summed E-state index contributed by atoms with van der Waals surface area (Å²) in [4.78, 5) is 12.3. The number of amides is 1. The molecule has 0 bridgehead atoms. The van der Waals surface area contributed by atoms with Gasteiger partial charge >= 0.3 is 10.2 Å². The normalized spacial score (nSPS) is 23.3. The summed E-state index contributed by atoms with van der Waals surface area (Å²) in [6.45, 7) is 1.03. The largest absolute Gasteiger partial charge is 0.463 e. The standard InChI is InChI=1S/C14H17N3O5S/c1-17-12(14(18)15-9-10-4-2-6-21-10)8-11(16-23(17,19)20)13-5-3-7-22-13/h3,5,7-8,10H,2,4,6,9H2,1H3,(H,15,18). The Hall–Kier alpha value is -2.13. The highest BCUT2D eigenvalue weighted by atomic mass is 32.2. The van der Waals surface area contributed by atoms with Gasteiger partial charge in [0.05, 0.1) is 12.4 Å². The SMILES string of the molecule is CN1C(C(=O)NCC2CCCO2)=CC(c2ccco2)=NS1(=O)=O. The van der Waals surface area contributed by atoms with Gasteiger partial charge in [0, 0.05) is 20.2 Å². The first-order valence-electron chi connectivity index (χ1n) is 7.21. The fourth-order valence-electron chi connectivity index (χ4n) is 2.41. The van der Waals surface area contributed by atoms with Crippen LogP contribution in [-0.2, 0) is 19.7 Å². The number of nitrogens with zero attached hydrogens (tertiary/aromatic N) is 2. The molecule has 0 saturated carbocycles. The molecule has 0 radical (unpaired) electrons. The summed E-state index contributed by atoms with van der Waals surface area (Å²) in [6, 6.07) is 3.20. The summed E-state index contributed by atoms with van der Waals surface area (Å²) in [5, 5.41) is 2.70. The molecular weight excluding hydrogens is 322 g/mol. The maximum Gasteiger partial charge on any atom is 0.345 e. The molecule has 8 nitrogen and oxygen atoms in total. The van der Waals surface area contributed by atoms with E-state index in [1.54, 1.807) is 12.1 Å². The molecule has 3 heterocycles. The molecule has 0 spiro atoms. The van der Waals surface area contributed by atoms with E-state index in [1.165, 1.54) is 19.4 Å². The number of ether oxygens (including phenoxy) is 1. The molecular formula is C14H17N3O5S. The number of carbonyl (C=O) groups excluding carboxylic acids is 1.